The molecule has 1 aliphatic heterocycles. The van der Waals surface area contributed by atoms with E-state index in [9.17, 15) is 4.79 Å². The lowest BCUT2D eigenvalue weighted by atomic mass is 9.97. The minimum absolute atomic E-state index is 0.152. The molecular weight excluding hydrogens is 384 g/mol. The number of piperidine rings is 1. The van der Waals surface area contributed by atoms with E-state index in [-0.39, 0.29) is 5.91 Å². The number of aromatic nitrogens is 2. The van der Waals surface area contributed by atoms with Gasteiger partial charge in [0.1, 0.15) is 11.0 Å². The molecule has 1 fully saturated rings. The fourth-order valence-electron chi connectivity index (χ4n) is 4.09. The Hall–Kier alpha value is -3.13. The highest BCUT2D eigenvalue weighted by molar-refractivity contribution is 5.97. The van der Waals surface area contributed by atoms with Crippen LogP contribution in [0.3, 0.4) is 0 Å². The molecular formula is C22H26N4O4. The van der Waals surface area contributed by atoms with E-state index in [0.717, 1.165) is 49.1 Å². The van der Waals surface area contributed by atoms with E-state index in [0.29, 0.717) is 29.5 Å². The van der Waals surface area contributed by atoms with Gasteiger partial charge >= 0.3 is 0 Å². The second kappa shape index (κ2) is 9.13. The molecule has 4 rings (SSSR count). The van der Waals surface area contributed by atoms with Crippen LogP contribution < -0.4 is 14.8 Å². The van der Waals surface area contributed by atoms with Crippen LogP contribution in [0, 0.1) is 5.92 Å². The van der Waals surface area contributed by atoms with E-state index in [2.05, 4.69) is 26.6 Å². The quantitative estimate of drug-likeness (QED) is 0.640. The summed E-state index contributed by atoms with van der Waals surface area (Å²) in [7, 11) is 3.10. The first-order chi connectivity index (χ1) is 14.7. The fraction of sp³-hybridized carbons (Fsp3) is 0.409. The van der Waals surface area contributed by atoms with Crippen molar-refractivity contribution in [2.75, 3.05) is 33.9 Å². The van der Waals surface area contributed by atoms with Gasteiger partial charge in [0.2, 0.25) is 0 Å². The number of hydrogen-bond donors (Lipinski definition) is 1. The number of fused-ring (bicyclic) bond motifs is 1. The van der Waals surface area contributed by atoms with Gasteiger partial charge in [-0.1, -0.05) is 18.2 Å². The molecule has 1 aromatic heterocycles. The van der Waals surface area contributed by atoms with Gasteiger partial charge in [-0.3, -0.25) is 9.69 Å². The van der Waals surface area contributed by atoms with Crippen molar-refractivity contribution in [2.24, 2.45) is 5.92 Å². The van der Waals surface area contributed by atoms with Crippen LogP contribution in [0.2, 0.25) is 0 Å². The molecule has 0 unspecified atom stereocenters. The number of nitrogens with one attached hydrogen (secondary N) is 1. The summed E-state index contributed by atoms with van der Waals surface area (Å²) in [5, 5.41) is 11.0. The zero-order valence-electron chi connectivity index (χ0n) is 17.3. The summed E-state index contributed by atoms with van der Waals surface area (Å²) in [5.41, 5.74) is 3.19. The van der Waals surface area contributed by atoms with Crippen molar-refractivity contribution in [3.05, 3.63) is 47.5 Å². The number of hydrogen-bond acceptors (Lipinski definition) is 7. The van der Waals surface area contributed by atoms with Gasteiger partial charge in [0.05, 0.1) is 19.8 Å². The maximum absolute atomic E-state index is 12.7. The van der Waals surface area contributed by atoms with E-state index in [4.69, 9.17) is 14.1 Å². The van der Waals surface area contributed by atoms with Gasteiger partial charge < -0.3 is 14.8 Å². The molecule has 0 radical (unpaired) electrons. The topological polar surface area (TPSA) is 89.7 Å². The molecule has 30 heavy (non-hydrogen) atoms. The Morgan fingerprint density at radius 2 is 2.07 bits per heavy atom. The molecule has 1 N–H and O–H groups in total. The summed E-state index contributed by atoms with van der Waals surface area (Å²) in [6.45, 7) is 3.35. The average molecular weight is 410 g/mol. The van der Waals surface area contributed by atoms with Crippen LogP contribution in [-0.4, -0.2) is 55.0 Å². The van der Waals surface area contributed by atoms with Crippen LogP contribution in [0.15, 0.2) is 41.0 Å². The third kappa shape index (κ3) is 4.23. The molecule has 1 saturated heterocycles. The Balaban J connectivity index is 1.37. The second-order valence-corrected chi connectivity index (χ2v) is 7.54. The molecule has 0 aliphatic carbocycles. The number of nitrogens with zero attached hydrogens (tertiary/aromatic N) is 3. The summed E-state index contributed by atoms with van der Waals surface area (Å²) in [6, 6.07) is 11.3. The third-order valence-electron chi connectivity index (χ3n) is 5.57. The van der Waals surface area contributed by atoms with Gasteiger partial charge in [-0.15, -0.1) is 0 Å². The number of benzene rings is 2. The van der Waals surface area contributed by atoms with E-state index in [1.165, 1.54) is 0 Å². The summed E-state index contributed by atoms with van der Waals surface area (Å²) in [6.07, 6.45) is 2.18. The number of amides is 1. The largest absolute Gasteiger partial charge is 0.493 e. The molecule has 1 amide bonds. The summed E-state index contributed by atoms with van der Waals surface area (Å²) in [5.74, 6) is 1.23. The van der Waals surface area contributed by atoms with Gasteiger partial charge in [-0.2, -0.15) is 0 Å². The predicted octanol–water partition coefficient (Wildman–Crippen LogP) is 2.88. The SMILES string of the molecule is COc1cccc(C(=O)NC[C@H]2CCCN(Cc3cccc4nonc34)C2)c1OC. The first kappa shape index (κ1) is 20.2. The van der Waals surface area contributed by atoms with Crippen molar-refractivity contribution in [3.63, 3.8) is 0 Å². The molecule has 1 aliphatic rings. The van der Waals surface area contributed by atoms with Crippen molar-refractivity contribution in [1.82, 2.24) is 20.5 Å². The molecule has 1 atom stereocenters. The number of carbonyl (C=O) groups is 1. The van der Waals surface area contributed by atoms with Crippen molar-refractivity contribution in [1.29, 1.82) is 0 Å². The van der Waals surface area contributed by atoms with Gasteiger partial charge in [-0.25, -0.2) is 4.63 Å². The lowest BCUT2D eigenvalue weighted by molar-refractivity contribution is 0.0927. The van der Waals surface area contributed by atoms with Gasteiger partial charge in [0.15, 0.2) is 11.5 Å². The number of para-hydroxylation sites is 1. The number of ether oxygens (including phenoxy) is 2. The van der Waals surface area contributed by atoms with Crippen molar-refractivity contribution in [3.8, 4) is 11.5 Å². The fourth-order valence-corrected chi connectivity index (χ4v) is 4.09. The monoisotopic (exact) mass is 410 g/mol. The molecule has 0 bridgehead atoms. The Bertz CT molecular complexity index is 1020. The highest BCUT2D eigenvalue weighted by atomic mass is 16.6. The molecule has 2 heterocycles. The standard InChI is InChI=1S/C22H26N4O4/c1-28-19-10-4-8-17(21(19)29-2)22(27)23-12-15-6-5-11-26(13-15)14-16-7-3-9-18-20(16)25-30-24-18/h3-4,7-10,15H,5-6,11-14H2,1-2H3,(H,23,27)/t15-/m1/s1. The number of likely N-dealkylation sites (tertiary alicyclic amines) is 1. The average Bonchev–Trinajstić information content (AvgIpc) is 3.27. The van der Waals surface area contributed by atoms with Crippen LogP contribution in [0.4, 0.5) is 0 Å². The van der Waals surface area contributed by atoms with Crippen molar-refractivity contribution >= 4 is 16.9 Å². The maximum Gasteiger partial charge on any atom is 0.255 e. The number of carbonyl (C=O) groups excluding carboxylic acids is 1. The Morgan fingerprint density at radius 1 is 1.20 bits per heavy atom. The van der Waals surface area contributed by atoms with Gasteiger partial charge in [-0.05, 0) is 59.4 Å². The Kier molecular flexibility index (Phi) is 6.13. The number of rotatable bonds is 7. The predicted molar refractivity (Wildman–Crippen MR) is 112 cm³/mol. The number of methoxy groups -OCH3 is 2. The summed E-state index contributed by atoms with van der Waals surface area (Å²) in [4.78, 5) is 15.1. The highest BCUT2D eigenvalue weighted by Crippen LogP contribution is 2.30. The van der Waals surface area contributed by atoms with Crippen LogP contribution in [0.25, 0.3) is 11.0 Å². The highest BCUT2D eigenvalue weighted by Gasteiger charge is 2.23. The second-order valence-electron chi connectivity index (χ2n) is 7.54. The van der Waals surface area contributed by atoms with Gasteiger partial charge in [0.25, 0.3) is 5.91 Å². The first-order valence-electron chi connectivity index (χ1n) is 10.1. The van der Waals surface area contributed by atoms with Crippen molar-refractivity contribution < 1.29 is 18.9 Å². The molecule has 8 heteroatoms. The van der Waals surface area contributed by atoms with E-state index < -0.39 is 0 Å². The van der Waals surface area contributed by atoms with Gasteiger partial charge in [0, 0.05) is 19.6 Å². The smallest absolute Gasteiger partial charge is 0.255 e. The molecule has 8 nitrogen and oxygen atoms in total. The minimum Gasteiger partial charge on any atom is -0.493 e. The summed E-state index contributed by atoms with van der Waals surface area (Å²) < 4.78 is 15.5. The molecule has 158 valence electrons. The lowest BCUT2D eigenvalue weighted by Crippen LogP contribution is -2.40. The Morgan fingerprint density at radius 3 is 2.90 bits per heavy atom. The van der Waals surface area contributed by atoms with Crippen LogP contribution >= 0.6 is 0 Å². The molecule has 3 aromatic rings. The van der Waals surface area contributed by atoms with Crippen LogP contribution in [0.5, 0.6) is 11.5 Å². The first-order valence-corrected chi connectivity index (χ1v) is 10.1. The summed E-state index contributed by atoms with van der Waals surface area (Å²) >= 11 is 0. The zero-order valence-corrected chi connectivity index (χ0v) is 17.3. The normalized spacial score (nSPS) is 17.1. The van der Waals surface area contributed by atoms with E-state index in [1.807, 2.05) is 12.1 Å². The van der Waals surface area contributed by atoms with E-state index in [1.54, 1.807) is 32.4 Å². The lowest BCUT2D eigenvalue weighted by Gasteiger charge is -2.32. The molecule has 0 spiro atoms. The third-order valence-corrected chi connectivity index (χ3v) is 5.57. The van der Waals surface area contributed by atoms with Crippen LogP contribution in [0.1, 0.15) is 28.8 Å². The molecule has 0 saturated carbocycles. The maximum atomic E-state index is 12.7. The Labute approximate surface area is 175 Å². The molecule has 2 aromatic carbocycles. The van der Waals surface area contributed by atoms with E-state index >= 15 is 0 Å². The zero-order chi connectivity index (χ0) is 20.9. The van der Waals surface area contributed by atoms with Crippen molar-refractivity contribution in [2.45, 2.75) is 19.4 Å². The minimum atomic E-state index is -0.152. The van der Waals surface area contributed by atoms with Crippen LogP contribution in [-0.2, 0) is 6.54 Å².